The Bertz CT molecular complexity index is 578. The first-order valence-electron chi connectivity index (χ1n) is 6.17. The predicted molar refractivity (Wildman–Crippen MR) is 71.4 cm³/mol. The molecular formula is C13H15FN4O. The molecule has 0 amide bonds. The minimum atomic E-state index is -0.243. The molecule has 0 bridgehead atoms. The number of nitrogen functional groups attached to an aromatic ring is 1. The summed E-state index contributed by atoms with van der Waals surface area (Å²) in [5.74, 6) is 0.153. The molecule has 6 heteroatoms. The van der Waals surface area contributed by atoms with Gasteiger partial charge in [0.2, 0.25) is 0 Å². The van der Waals surface area contributed by atoms with Crippen LogP contribution in [0.5, 0.6) is 0 Å². The van der Waals surface area contributed by atoms with Crippen LogP contribution in [0.3, 0.4) is 0 Å². The number of ether oxygens (including phenoxy) is 1. The van der Waals surface area contributed by atoms with E-state index in [1.165, 1.54) is 6.07 Å². The lowest BCUT2D eigenvalue weighted by molar-refractivity contribution is 0.122. The highest BCUT2D eigenvalue weighted by molar-refractivity contribution is 5.65. The van der Waals surface area contributed by atoms with Crippen LogP contribution in [0.1, 0.15) is 0 Å². The summed E-state index contributed by atoms with van der Waals surface area (Å²) >= 11 is 0. The molecule has 1 aromatic heterocycles. The van der Waals surface area contributed by atoms with Gasteiger partial charge < -0.3 is 15.4 Å². The molecule has 19 heavy (non-hydrogen) atoms. The van der Waals surface area contributed by atoms with E-state index in [0.717, 1.165) is 5.56 Å². The van der Waals surface area contributed by atoms with Gasteiger partial charge >= 0.3 is 0 Å². The van der Waals surface area contributed by atoms with Gasteiger partial charge in [0.25, 0.3) is 0 Å². The SMILES string of the molecule is Nc1cc(-c2ccc(N3CCOCC3)c(F)c2)[nH]n1. The van der Waals surface area contributed by atoms with Crippen molar-refractivity contribution in [1.82, 2.24) is 10.2 Å². The third-order valence-electron chi connectivity index (χ3n) is 3.21. The van der Waals surface area contributed by atoms with Crippen molar-refractivity contribution in [3.8, 4) is 11.3 Å². The molecule has 100 valence electrons. The molecule has 0 radical (unpaired) electrons. The quantitative estimate of drug-likeness (QED) is 0.863. The maximum Gasteiger partial charge on any atom is 0.147 e. The van der Waals surface area contributed by atoms with Gasteiger partial charge in [0, 0.05) is 24.7 Å². The van der Waals surface area contributed by atoms with Crippen LogP contribution in [0.2, 0.25) is 0 Å². The van der Waals surface area contributed by atoms with Gasteiger partial charge in [-0.15, -0.1) is 0 Å². The zero-order valence-electron chi connectivity index (χ0n) is 10.4. The normalized spacial score (nSPS) is 15.7. The van der Waals surface area contributed by atoms with Gasteiger partial charge in [0.1, 0.15) is 11.6 Å². The number of nitrogens with two attached hydrogens (primary N) is 1. The number of anilines is 2. The second kappa shape index (κ2) is 4.89. The van der Waals surface area contributed by atoms with Crippen LogP contribution in [0.25, 0.3) is 11.3 Å². The Hall–Kier alpha value is -2.08. The number of rotatable bonds is 2. The molecule has 0 aliphatic carbocycles. The molecule has 1 saturated heterocycles. The van der Waals surface area contributed by atoms with Crippen LogP contribution in [-0.4, -0.2) is 36.5 Å². The van der Waals surface area contributed by atoms with Gasteiger partial charge in [0.05, 0.1) is 24.6 Å². The van der Waals surface area contributed by atoms with Crippen molar-refractivity contribution in [1.29, 1.82) is 0 Å². The predicted octanol–water partition coefficient (Wildman–Crippen LogP) is 1.63. The smallest absolute Gasteiger partial charge is 0.147 e. The number of aromatic nitrogens is 2. The maximum absolute atomic E-state index is 14.2. The highest BCUT2D eigenvalue weighted by Gasteiger charge is 2.15. The highest BCUT2D eigenvalue weighted by Crippen LogP contribution is 2.26. The Morgan fingerprint density at radius 1 is 1.26 bits per heavy atom. The van der Waals surface area contributed by atoms with Crippen molar-refractivity contribution in [3.05, 3.63) is 30.1 Å². The number of benzene rings is 1. The average molecular weight is 262 g/mol. The van der Waals surface area contributed by atoms with E-state index in [4.69, 9.17) is 10.5 Å². The van der Waals surface area contributed by atoms with Gasteiger partial charge in [0.15, 0.2) is 0 Å². The molecule has 1 aliphatic heterocycles. The lowest BCUT2D eigenvalue weighted by Gasteiger charge is -2.29. The fourth-order valence-electron chi connectivity index (χ4n) is 2.22. The van der Waals surface area contributed by atoms with Crippen molar-refractivity contribution in [2.75, 3.05) is 36.9 Å². The largest absolute Gasteiger partial charge is 0.382 e. The summed E-state index contributed by atoms with van der Waals surface area (Å²) in [5, 5.41) is 6.61. The van der Waals surface area contributed by atoms with Crippen LogP contribution in [0, 0.1) is 5.82 Å². The summed E-state index contributed by atoms with van der Waals surface area (Å²) in [4.78, 5) is 1.99. The zero-order valence-corrected chi connectivity index (χ0v) is 10.4. The molecule has 3 rings (SSSR count). The summed E-state index contributed by atoms with van der Waals surface area (Å²) in [6.07, 6.45) is 0. The third-order valence-corrected chi connectivity index (χ3v) is 3.21. The highest BCUT2D eigenvalue weighted by atomic mass is 19.1. The van der Waals surface area contributed by atoms with E-state index < -0.39 is 0 Å². The molecule has 3 N–H and O–H groups in total. The van der Waals surface area contributed by atoms with Crippen molar-refractivity contribution < 1.29 is 9.13 Å². The number of hydrogen-bond donors (Lipinski definition) is 2. The Kier molecular flexibility index (Phi) is 3.08. The Morgan fingerprint density at radius 2 is 2.05 bits per heavy atom. The van der Waals surface area contributed by atoms with Crippen molar-refractivity contribution in [2.45, 2.75) is 0 Å². The first-order valence-corrected chi connectivity index (χ1v) is 6.17. The van der Waals surface area contributed by atoms with Crippen LogP contribution in [0.4, 0.5) is 15.9 Å². The van der Waals surface area contributed by atoms with E-state index in [0.29, 0.717) is 43.5 Å². The number of hydrogen-bond acceptors (Lipinski definition) is 4. The topological polar surface area (TPSA) is 67.2 Å². The van der Waals surface area contributed by atoms with Gasteiger partial charge in [-0.2, -0.15) is 5.10 Å². The number of nitrogens with one attached hydrogen (secondary N) is 1. The van der Waals surface area contributed by atoms with Gasteiger partial charge in [-0.05, 0) is 12.1 Å². The minimum absolute atomic E-state index is 0.243. The molecule has 0 atom stereocenters. The van der Waals surface area contributed by atoms with Crippen LogP contribution in [0.15, 0.2) is 24.3 Å². The number of halogens is 1. The fraction of sp³-hybridized carbons (Fsp3) is 0.308. The van der Waals surface area contributed by atoms with E-state index in [1.54, 1.807) is 12.1 Å². The molecule has 2 heterocycles. The van der Waals surface area contributed by atoms with E-state index >= 15 is 0 Å². The Balaban J connectivity index is 1.89. The van der Waals surface area contributed by atoms with Crippen LogP contribution in [-0.2, 0) is 4.74 Å². The molecule has 2 aromatic rings. The van der Waals surface area contributed by atoms with Crippen molar-refractivity contribution in [3.63, 3.8) is 0 Å². The molecule has 1 fully saturated rings. The second-order valence-electron chi connectivity index (χ2n) is 4.47. The van der Waals surface area contributed by atoms with Gasteiger partial charge in [-0.25, -0.2) is 4.39 Å². The summed E-state index contributed by atoms with van der Waals surface area (Å²) < 4.78 is 19.4. The molecule has 5 nitrogen and oxygen atoms in total. The van der Waals surface area contributed by atoms with Crippen molar-refractivity contribution in [2.24, 2.45) is 0 Å². The van der Waals surface area contributed by atoms with E-state index in [2.05, 4.69) is 10.2 Å². The first-order chi connectivity index (χ1) is 9.24. The molecule has 0 unspecified atom stereocenters. The standard InChI is InChI=1S/C13H15FN4O/c14-10-7-9(11-8-13(15)17-16-11)1-2-12(10)18-3-5-19-6-4-18/h1-2,7-8H,3-6H2,(H3,15,16,17). The lowest BCUT2D eigenvalue weighted by atomic mass is 10.1. The molecule has 0 saturated carbocycles. The summed E-state index contributed by atoms with van der Waals surface area (Å²) in [6, 6.07) is 6.83. The number of aromatic amines is 1. The molecular weight excluding hydrogens is 247 g/mol. The van der Waals surface area contributed by atoms with Crippen molar-refractivity contribution >= 4 is 11.5 Å². The number of nitrogens with zero attached hydrogens (tertiary/aromatic N) is 2. The van der Waals surface area contributed by atoms with Crippen LogP contribution < -0.4 is 10.6 Å². The van der Waals surface area contributed by atoms with Crippen LogP contribution >= 0.6 is 0 Å². The fourth-order valence-corrected chi connectivity index (χ4v) is 2.22. The van der Waals surface area contributed by atoms with E-state index in [9.17, 15) is 4.39 Å². The Morgan fingerprint density at radius 3 is 2.68 bits per heavy atom. The number of morpholine rings is 1. The molecule has 1 aromatic carbocycles. The summed E-state index contributed by atoms with van der Waals surface area (Å²) in [7, 11) is 0. The molecule has 0 spiro atoms. The summed E-state index contributed by atoms with van der Waals surface area (Å²) in [5.41, 5.74) is 7.60. The average Bonchev–Trinajstić information content (AvgIpc) is 2.86. The lowest BCUT2D eigenvalue weighted by Crippen LogP contribution is -2.36. The van der Waals surface area contributed by atoms with Gasteiger partial charge in [-0.1, -0.05) is 6.07 Å². The maximum atomic E-state index is 14.2. The zero-order chi connectivity index (χ0) is 13.2. The monoisotopic (exact) mass is 262 g/mol. The first kappa shape index (κ1) is 12.0. The summed E-state index contributed by atoms with van der Waals surface area (Å²) in [6.45, 7) is 2.71. The van der Waals surface area contributed by atoms with Gasteiger partial charge in [-0.3, -0.25) is 5.10 Å². The second-order valence-corrected chi connectivity index (χ2v) is 4.47. The molecule has 1 aliphatic rings. The Labute approximate surface area is 110 Å². The van der Waals surface area contributed by atoms with E-state index in [1.807, 2.05) is 11.0 Å². The minimum Gasteiger partial charge on any atom is -0.382 e. The number of H-pyrrole nitrogens is 1. The third kappa shape index (κ3) is 2.39. The van der Waals surface area contributed by atoms with E-state index in [-0.39, 0.29) is 5.82 Å².